The van der Waals surface area contributed by atoms with E-state index >= 15 is 0 Å². The lowest BCUT2D eigenvalue weighted by atomic mass is 10.1. The molecule has 0 atom stereocenters. The zero-order valence-electron chi connectivity index (χ0n) is 8.88. The van der Waals surface area contributed by atoms with Gasteiger partial charge in [0.1, 0.15) is 5.69 Å². The molecule has 0 saturated carbocycles. The summed E-state index contributed by atoms with van der Waals surface area (Å²) in [5, 5.41) is 5.65. The van der Waals surface area contributed by atoms with Crippen LogP contribution in [0.5, 0.6) is 0 Å². The van der Waals surface area contributed by atoms with Crippen LogP contribution in [-0.4, -0.2) is 14.8 Å². The van der Waals surface area contributed by atoms with Crippen molar-refractivity contribution in [3.63, 3.8) is 0 Å². The van der Waals surface area contributed by atoms with Gasteiger partial charge in [-0.2, -0.15) is 5.10 Å². The molecular formula is C13H10N3. The van der Waals surface area contributed by atoms with Crippen molar-refractivity contribution in [1.29, 1.82) is 0 Å². The van der Waals surface area contributed by atoms with E-state index in [1.165, 1.54) is 0 Å². The third-order valence-corrected chi connectivity index (χ3v) is 2.65. The van der Waals surface area contributed by atoms with Crippen molar-refractivity contribution in [2.75, 3.05) is 0 Å². The van der Waals surface area contributed by atoms with Crippen molar-refractivity contribution in [2.24, 2.45) is 7.05 Å². The molecular weight excluding hydrogens is 198 g/mol. The van der Waals surface area contributed by atoms with E-state index in [1.807, 2.05) is 42.1 Å². The third-order valence-electron chi connectivity index (χ3n) is 2.65. The SMILES string of the molecule is Cn1nc(-c2ccncc2)c2c[c]ccc21. The number of aryl methyl sites for hydroxylation is 1. The molecule has 0 fully saturated rings. The Hall–Kier alpha value is -2.16. The first-order valence-electron chi connectivity index (χ1n) is 5.09. The minimum atomic E-state index is 0.983. The number of aromatic nitrogens is 3. The summed E-state index contributed by atoms with van der Waals surface area (Å²) in [6.45, 7) is 0. The number of benzene rings is 1. The smallest absolute Gasteiger partial charge is 0.100 e. The van der Waals surface area contributed by atoms with Crippen molar-refractivity contribution >= 4 is 10.9 Å². The number of hydrogen-bond acceptors (Lipinski definition) is 2. The van der Waals surface area contributed by atoms with Crippen molar-refractivity contribution in [3.05, 3.63) is 48.8 Å². The fourth-order valence-corrected chi connectivity index (χ4v) is 1.87. The van der Waals surface area contributed by atoms with Gasteiger partial charge in [-0.15, -0.1) is 0 Å². The average molecular weight is 208 g/mol. The molecule has 16 heavy (non-hydrogen) atoms. The normalized spacial score (nSPS) is 10.8. The summed E-state index contributed by atoms with van der Waals surface area (Å²) in [7, 11) is 1.95. The van der Waals surface area contributed by atoms with E-state index in [9.17, 15) is 0 Å². The van der Waals surface area contributed by atoms with Crippen molar-refractivity contribution in [2.45, 2.75) is 0 Å². The predicted molar refractivity (Wildman–Crippen MR) is 62.8 cm³/mol. The maximum absolute atomic E-state index is 4.53. The zero-order chi connectivity index (χ0) is 11.0. The van der Waals surface area contributed by atoms with Gasteiger partial charge in [-0.3, -0.25) is 9.67 Å². The first kappa shape index (κ1) is 9.09. The topological polar surface area (TPSA) is 30.7 Å². The van der Waals surface area contributed by atoms with E-state index in [0.29, 0.717) is 0 Å². The van der Waals surface area contributed by atoms with E-state index in [0.717, 1.165) is 22.2 Å². The summed E-state index contributed by atoms with van der Waals surface area (Å²) in [6.07, 6.45) is 3.56. The molecule has 1 radical (unpaired) electrons. The summed E-state index contributed by atoms with van der Waals surface area (Å²) >= 11 is 0. The molecule has 0 unspecified atom stereocenters. The van der Waals surface area contributed by atoms with Gasteiger partial charge >= 0.3 is 0 Å². The van der Waals surface area contributed by atoms with Crippen LogP contribution in [0, 0.1) is 6.07 Å². The molecule has 3 aromatic rings. The van der Waals surface area contributed by atoms with Gasteiger partial charge < -0.3 is 0 Å². The highest BCUT2D eigenvalue weighted by Crippen LogP contribution is 2.26. The zero-order valence-corrected chi connectivity index (χ0v) is 8.88. The van der Waals surface area contributed by atoms with Crippen LogP contribution in [0.25, 0.3) is 22.2 Å². The van der Waals surface area contributed by atoms with Gasteiger partial charge in [0.2, 0.25) is 0 Å². The maximum atomic E-state index is 4.53. The first-order chi connectivity index (χ1) is 7.86. The molecule has 3 rings (SSSR count). The number of pyridine rings is 1. The second kappa shape index (κ2) is 3.45. The van der Waals surface area contributed by atoms with Crippen molar-refractivity contribution < 1.29 is 0 Å². The molecule has 0 aliphatic heterocycles. The molecule has 0 amide bonds. The molecule has 3 nitrogen and oxygen atoms in total. The molecule has 77 valence electrons. The second-order valence-corrected chi connectivity index (χ2v) is 3.65. The van der Waals surface area contributed by atoms with Gasteiger partial charge in [-0.25, -0.2) is 0 Å². The number of hydrogen-bond donors (Lipinski definition) is 0. The standard InChI is InChI=1S/C13H10N3/c1-16-12-5-3-2-4-11(12)13(15-16)10-6-8-14-9-7-10/h3-9H,1H3. The minimum Gasteiger partial charge on any atom is -0.267 e. The lowest BCUT2D eigenvalue weighted by Crippen LogP contribution is -1.89. The molecule has 2 heterocycles. The lowest BCUT2D eigenvalue weighted by molar-refractivity contribution is 0.800. The molecule has 0 N–H and O–H groups in total. The third kappa shape index (κ3) is 1.29. The molecule has 2 aromatic heterocycles. The Morgan fingerprint density at radius 2 is 2.00 bits per heavy atom. The Bertz CT molecular complexity index is 626. The molecule has 0 aliphatic rings. The summed E-state index contributed by atoms with van der Waals surface area (Å²) in [5.74, 6) is 0. The van der Waals surface area contributed by atoms with Crippen LogP contribution in [0.15, 0.2) is 42.7 Å². The second-order valence-electron chi connectivity index (χ2n) is 3.65. The number of rotatable bonds is 1. The number of fused-ring (bicyclic) bond motifs is 1. The van der Waals surface area contributed by atoms with Gasteiger partial charge in [-0.05, 0) is 30.3 Å². The fraction of sp³-hybridized carbons (Fsp3) is 0.0769. The molecule has 0 bridgehead atoms. The van der Waals surface area contributed by atoms with Gasteiger partial charge in [-0.1, -0.05) is 6.07 Å². The van der Waals surface area contributed by atoms with Gasteiger partial charge in [0.15, 0.2) is 0 Å². The highest BCUT2D eigenvalue weighted by atomic mass is 15.3. The van der Waals surface area contributed by atoms with Crippen LogP contribution in [-0.2, 0) is 7.05 Å². The highest BCUT2D eigenvalue weighted by Gasteiger charge is 2.08. The summed E-state index contributed by atoms with van der Waals surface area (Å²) in [6, 6.07) is 12.9. The highest BCUT2D eigenvalue weighted by molar-refractivity contribution is 5.92. The van der Waals surface area contributed by atoms with Gasteiger partial charge in [0.25, 0.3) is 0 Å². The van der Waals surface area contributed by atoms with E-state index in [4.69, 9.17) is 0 Å². The Balaban J connectivity index is 2.33. The molecule has 1 aromatic carbocycles. The molecule has 0 spiro atoms. The fourth-order valence-electron chi connectivity index (χ4n) is 1.87. The van der Waals surface area contributed by atoms with E-state index in [-0.39, 0.29) is 0 Å². The first-order valence-corrected chi connectivity index (χ1v) is 5.09. The summed E-state index contributed by atoms with van der Waals surface area (Å²) in [5.41, 5.74) is 3.18. The van der Waals surface area contributed by atoms with E-state index in [2.05, 4.69) is 16.1 Å². The molecule has 0 aliphatic carbocycles. The predicted octanol–water partition coefficient (Wildman–Crippen LogP) is 2.44. The van der Waals surface area contributed by atoms with Crippen LogP contribution < -0.4 is 0 Å². The van der Waals surface area contributed by atoms with Crippen LogP contribution >= 0.6 is 0 Å². The van der Waals surface area contributed by atoms with E-state index < -0.39 is 0 Å². The Morgan fingerprint density at radius 3 is 2.81 bits per heavy atom. The summed E-state index contributed by atoms with van der Waals surface area (Å²) in [4.78, 5) is 4.02. The number of nitrogens with zero attached hydrogens (tertiary/aromatic N) is 3. The lowest BCUT2D eigenvalue weighted by Gasteiger charge is -1.95. The monoisotopic (exact) mass is 208 g/mol. The van der Waals surface area contributed by atoms with Crippen molar-refractivity contribution in [1.82, 2.24) is 14.8 Å². The van der Waals surface area contributed by atoms with Gasteiger partial charge in [0.05, 0.1) is 5.52 Å². The average Bonchev–Trinajstić information content (AvgIpc) is 2.69. The Morgan fingerprint density at radius 1 is 1.19 bits per heavy atom. The van der Waals surface area contributed by atoms with Crippen LogP contribution in [0.1, 0.15) is 0 Å². The maximum Gasteiger partial charge on any atom is 0.100 e. The molecule has 0 saturated heterocycles. The summed E-state index contributed by atoms with van der Waals surface area (Å²) < 4.78 is 1.89. The van der Waals surface area contributed by atoms with Crippen LogP contribution in [0.3, 0.4) is 0 Å². The largest absolute Gasteiger partial charge is 0.267 e. The minimum absolute atomic E-state index is 0.983. The molecule has 3 heteroatoms. The Labute approximate surface area is 93.4 Å². The van der Waals surface area contributed by atoms with E-state index in [1.54, 1.807) is 12.4 Å². The van der Waals surface area contributed by atoms with Crippen LogP contribution in [0.4, 0.5) is 0 Å². The van der Waals surface area contributed by atoms with Gasteiger partial charge in [0, 0.05) is 30.4 Å². The van der Waals surface area contributed by atoms with Crippen LogP contribution in [0.2, 0.25) is 0 Å². The van der Waals surface area contributed by atoms with Crippen molar-refractivity contribution in [3.8, 4) is 11.3 Å². The Kier molecular flexibility index (Phi) is 1.96. The quantitative estimate of drug-likeness (QED) is 0.615.